The number of rotatable bonds is 5. The van der Waals surface area contributed by atoms with Crippen molar-refractivity contribution in [3.8, 4) is 5.69 Å². The van der Waals surface area contributed by atoms with Gasteiger partial charge in [-0.25, -0.2) is 0 Å². The fourth-order valence-corrected chi connectivity index (χ4v) is 2.50. The molecule has 3 aromatic rings. The van der Waals surface area contributed by atoms with Crippen LogP contribution >= 0.6 is 12.2 Å². The lowest BCUT2D eigenvalue weighted by molar-refractivity contribution is -0.384. The first-order chi connectivity index (χ1) is 12.6. The molecular weight excluding hydrogens is 350 g/mol. The Morgan fingerprint density at radius 2 is 1.92 bits per heavy atom. The van der Waals surface area contributed by atoms with Crippen LogP contribution in [-0.4, -0.2) is 20.8 Å². The standard InChI is InChI=1S/C18H15N5O2S/c24-23(25)16-9-4-8-15(12-16)22-11-5-10-17(22)13-19-21-18(26)20-14-6-2-1-3-7-14/h1-13H,(H2,20,21,26)/b19-13-. The third kappa shape index (κ3) is 4.31. The van der Waals surface area contributed by atoms with Gasteiger partial charge in [0.1, 0.15) is 0 Å². The van der Waals surface area contributed by atoms with Crippen LogP contribution in [0.1, 0.15) is 5.69 Å². The lowest BCUT2D eigenvalue weighted by atomic mass is 10.2. The monoisotopic (exact) mass is 365 g/mol. The molecule has 0 radical (unpaired) electrons. The van der Waals surface area contributed by atoms with Crippen molar-refractivity contribution >= 4 is 34.9 Å². The van der Waals surface area contributed by atoms with Crippen LogP contribution in [0.2, 0.25) is 0 Å². The van der Waals surface area contributed by atoms with E-state index in [1.165, 1.54) is 12.1 Å². The second-order valence-corrected chi connectivity index (χ2v) is 5.68. The highest BCUT2D eigenvalue weighted by Gasteiger charge is 2.08. The number of hydrogen-bond donors (Lipinski definition) is 2. The molecule has 1 aromatic heterocycles. The van der Waals surface area contributed by atoms with Crippen LogP contribution in [0.15, 0.2) is 78.0 Å². The number of thiocarbonyl (C=S) groups is 1. The Balaban J connectivity index is 1.69. The molecule has 8 heteroatoms. The fraction of sp³-hybridized carbons (Fsp3) is 0. The summed E-state index contributed by atoms with van der Waals surface area (Å²) in [5, 5.41) is 18.4. The molecule has 0 saturated carbocycles. The van der Waals surface area contributed by atoms with E-state index in [1.54, 1.807) is 29.1 Å². The maximum atomic E-state index is 10.9. The Kier molecular flexibility index (Phi) is 5.35. The van der Waals surface area contributed by atoms with Crippen molar-refractivity contribution in [2.75, 3.05) is 5.32 Å². The highest BCUT2D eigenvalue weighted by Crippen LogP contribution is 2.18. The quantitative estimate of drug-likeness (QED) is 0.312. The summed E-state index contributed by atoms with van der Waals surface area (Å²) in [6.45, 7) is 0. The van der Waals surface area contributed by atoms with Gasteiger partial charge >= 0.3 is 0 Å². The molecule has 2 aromatic carbocycles. The number of hydrazone groups is 1. The van der Waals surface area contributed by atoms with E-state index in [2.05, 4.69) is 15.8 Å². The summed E-state index contributed by atoms with van der Waals surface area (Å²) in [7, 11) is 0. The van der Waals surface area contributed by atoms with E-state index in [4.69, 9.17) is 12.2 Å². The van der Waals surface area contributed by atoms with Crippen molar-refractivity contribution in [3.63, 3.8) is 0 Å². The van der Waals surface area contributed by atoms with Gasteiger partial charge in [0, 0.05) is 24.0 Å². The van der Waals surface area contributed by atoms with E-state index >= 15 is 0 Å². The van der Waals surface area contributed by atoms with Gasteiger partial charge in [0.15, 0.2) is 5.11 Å². The van der Waals surface area contributed by atoms with Crippen LogP contribution in [0.5, 0.6) is 0 Å². The van der Waals surface area contributed by atoms with E-state index < -0.39 is 4.92 Å². The lowest BCUT2D eigenvalue weighted by Gasteiger charge is -2.07. The first kappa shape index (κ1) is 17.3. The minimum Gasteiger partial charge on any atom is -0.331 e. The molecule has 0 spiro atoms. The molecule has 0 aliphatic rings. The number of para-hydroxylation sites is 1. The highest BCUT2D eigenvalue weighted by atomic mass is 32.1. The number of nitro benzene ring substituents is 1. The van der Waals surface area contributed by atoms with Gasteiger partial charge in [0.2, 0.25) is 0 Å². The normalized spacial score (nSPS) is 10.6. The zero-order chi connectivity index (χ0) is 18.4. The molecule has 0 bridgehead atoms. The van der Waals surface area contributed by atoms with E-state index in [9.17, 15) is 10.1 Å². The number of benzene rings is 2. The molecule has 0 fully saturated rings. The average Bonchev–Trinajstić information content (AvgIpc) is 3.11. The number of hydrogen-bond acceptors (Lipinski definition) is 4. The van der Waals surface area contributed by atoms with Crippen LogP contribution in [0.25, 0.3) is 5.69 Å². The smallest absolute Gasteiger partial charge is 0.271 e. The Bertz CT molecular complexity index is 953. The van der Waals surface area contributed by atoms with Gasteiger partial charge in [-0.3, -0.25) is 15.5 Å². The Labute approximate surface area is 155 Å². The summed E-state index contributed by atoms with van der Waals surface area (Å²) < 4.78 is 1.80. The summed E-state index contributed by atoms with van der Waals surface area (Å²) >= 11 is 5.19. The maximum Gasteiger partial charge on any atom is 0.271 e. The minimum atomic E-state index is -0.421. The molecule has 130 valence electrons. The van der Waals surface area contributed by atoms with E-state index in [0.717, 1.165) is 11.4 Å². The third-order valence-corrected chi connectivity index (χ3v) is 3.69. The predicted molar refractivity (Wildman–Crippen MR) is 106 cm³/mol. The average molecular weight is 365 g/mol. The van der Waals surface area contributed by atoms with Gasteiger partial charge < -0.3 is 9.88 Å². The highest BCUT2D eigenvalue weighted by molar-refractivity contribution is 7.80. The van der Waals surface area contributed by atoms with Crippen LogP contribution < -0.4 is 10.7 Å². The molecule has 7 nitrogen and oxygen atoms in total. The van der Waals surface area contributed by atoms with Gasteiger partial charge in [-0.15, -0.1) is 0 Å². The predicted octanol–water partition coefficient (Wildman–Crippen LogP) is 3.71. The molecule has 0 saturated heterocycles. The minimum absolute atomic E-state index is 0.0328. The Morgan fingerprint density at radius 3 is 2.69 bits per heavy atom. The van der Waals surface area contributed by atoms with Crippen molar-refractivity contribution in [2.24, 2.45) is 5.10 Å². The van der Waals surface area contributed by atoms with E-state index in [1.807, 2.05) is 42.5 Å². The van der Waals surface area contributed by atoms with Gasteiger partial charge in [-0.1, -0.05) is 24.3 Å². The molecule has 2 N–H and O–H groups in total. The number of non-ortho nitro benzene ring substituents is 1. The molecule has 26 heavy (non-hydrogen) atoms. The van der Waals surface area contributed by atoms with Crippen LogP contribution in [-0.2, 0) is 0 Å². The van der Waals surface area contributed by atoms with Gasteiger partial charge in [0.25, 0.3) is 5.69 Å². The summed E-state index contributed by atoms with van der Waals surface area (Å²) in [6, 6.07) is 19.6. The van der Waals surface area contributed by atoms with Crippen molar-refractivity contribution < 1.29 is 4.92 Å². The zero-order valence-corrected chi connectivity index (χ0v) is 14.4. The number of nitrogens with zero attached hydrogens (tertiary/aromatic N) is 3. The lowest BCUT2D eigenvalue weighted by Crippen LogP contribution is -2.23. The summed E-state index contributed by atoms with van der Waals surface area (Å²) in [4.78, 5) is 10.5. The van der Waals surface area contributed by atoms with Gasteiger partial charge in [-0.2, -0.15) is 5.10 Å². The van der Waals surface area contributed by atoms with Crippen molar-refractivity contribution in [1.29, 1.82) is 0 Å². The first-order valence-corrected chi connectivity index (χ1v) is 8.11. The van der Waals surface area contributed by atoms with E-state index in [-0.39, 0.29) is 5.69 Å². The summed E-state index contributed by atoms with van der Waals surface area (Å²) in [5.74, 6) is 0. The SMILES string of the molecule is O=[N+]([O-])c1cccc(-n2cccc2/C=N\NC(=S)Nc2ccccc2)c1. The molecule has 0 unspecified atom stereocenters. The van der Waals surface area contributed by atoms with Crippen LogP contribution in [0.3, 0.4) is 0 Å². The number of nitrogens with one attached hydrogen (secondary N) is 2. The van der Waals surface area contributed by atoms with Crippen molar-refractivity contribution in [1.82, 2.24) is 9.99 Å². The van der Waals surface area contributed by atoms with Crippen molar-refractivity contribution in [2.45, 2.75) is 0 Å². The van der Waals surface area contributed by atoms with E-state index in [0.29, 0.717) is 10.8 Å². The zero-order valence-electron chi connectivity index (χ0n) is 13.6. The Hall–Kier alpha value is -3.52. The number of aromatic nitrogens is 1. The Morgan fingerprint density at radius 1 is 1.12 bits per heavy atom. The first-order valence-electron chi connectivity index (χ1n) is 7.71. The largest absolute Gasteiger partial charge is 0.331 e. The number of nitro groups is 1. The second-order valence-electron chi connectivity index (χ2n) is 5.27. The third-order valence-electron chi connectivity index (χ3n) is 3.49. The molecule has 3 rings (SSSR count). The van der Waals surface area contributed by atoms with Gasteiger partial charge in [0.05, 0.1) is 22.5 Å². The maximum absolute atomic E-state index is 10.9. The fourth-order valence-electron chi connectivity index (χ4n) is 2.33. The molecule has 1 heterocycles. The molecule has 0 aliphatic carbocycles. The topological polar surface area (TPSA) is 84.5 Å². The molecule has 0 atom stereocenters. The molecule has 0 amide bonds. The second kappa shape index (κ2) is 8.04. The molecule has 0 aliphatic heterocycles. The van der Waals surface area contributed by atoms with Gasteiger partial charge in [-0.05, 0) is 42.5 Å². The summed E-state index contributed by atoms with van der Waals surface area (Å²) in [6.07, 6.45) is 3.40. The van der Waals surface area contributed by atoms with Crippen LogP contribution in [0.4, 0.5) is 11.4 Å². The van der Waals surface area contributed by atoms with Crippen LogP contribution in [0, 0.1) is 10.1 Å². The van der Waals surface area contributed by atoms with Crippen molar-refractivity contribution in [3.05, 3.63) is 88.7 Å². The number of anilines is 1. The molecular formula is C18H15N5O2S. The summed E-state index contributed by atoms with van der Waals surface area (Å²) in [5.41, 5.74) is 5.07.